The van der Waals surface area contributed by atoms with E-state index < -0.39 is 10.0 Å². The minimum Gasteiger partial charge on any atom is -0.495 e. The molecule has 6 nitrogen and oxygen atoms in total. The van der Waals surface area contributed by atoms with Crippen molar-refractivity contribution < 1.29 is 13.2 Å². The van der Waals surface area contributed by atoms with Gasteiger partial charge in [0.15, 0.2) is 0 Å². The molecule has 0 bridgehead atoms. The predicted molar refractivity (Wildman–Crippen MR) is 84.0 cm³/mol. The highest BCUT2D eigenvalue weighted by molar-refractivity contribution is 7.90. The number of hydrogen-bond acceptors (Lipinski definition) is 5. The van der Waals surface area contributed by atoms with Gasteiger partial charge in [-0.3, -0.25) is 4.90 Å². The van der Waals surface area contributed by atoms with Gasteiger partial charge in [-0.2, -0.15) is 5.26 Å². The lowest BCUT2D eigenvalue weighted by atomic mass is 10.1. The summed E-state index contributed by atoms with van der Waals surface area (Å²) in [5.41, 5.74) is 1.51. The van der Waals surface area contributed by atoms with Crippen LogP contribution in [0.15, 0.2) is 18.2 Å². The van der Waals surface area contributed by atoms with Gasteiger partial charge in [0.05, 0.1) is 17.9 Å². The Bertz CT molecular complexity index is 667. The molecular weight excluding hydrogens is 302 g/mol. The summed E-state index contributed by atoms with van der Waals surface area (Å²) in [6.07, 6.45) is 1.55. The number of nitrogens with zero attached hydrogens (tertiary/aromatic N) is 2. The lowest BCUT2D eigenvalue weighted by Crippen LogP contribution is -2.45. The quantitative estimate of drug-likeness (QED) is 0.877. The van der Waals surface area contributed by atoms with Crippen LogP contribution in [-0.4, -0.2) is 45.8 Å². The molecule has 1 fully saturated rings. The summed E-state index contributed by atoms with van der Waals surface area (Å²) in [6, 6.07) is 7.55. The van der Waals surface area contributed by atoms with Crippen molar-refractivity contribution in [2.45, 2.75) is 24.6 Å². The lowest BCUT2D eigenvalue weighted by Gasteiger charge is -2.32. The van der Waals surface area contributed by atoms with Gasteiger partial charge in [0.2, 0.25) is 10.0 Å². The number of methoxy groups -OCH3 is 1. The SMILES string of the molecule is CNS(=O)(=O)C1CCCN(Cc2ccc(C#N)c(OC)c2)C1. The smallest absolute Gasteiger partial charge is 0.215 e. The molecule has 120 valence electrons. The van der Waals surface area contributed by atoms with Crippen molar-refractivity contribution in [2.75, 3.05) is 27.2 Å². The molecule has 22 heavy (non-hydrogen) atoms. The molecule has 0 amide bonds. The van der Waals surface area contributed by atoms with Crippen LogP contribution >= 0.6 is 0 Å². The van der Waals surface area contributed by atoms with Gasteiger partial charge < -0.3 is 4.74 Å². The Hall–Kier alpha value is -1.62. The topological polar surface area (TPSA) is 82.4 Å². The van der Waals surface area contributed by atoms with Gasteiger partial charge in [0.1, 0.15) is 11.8 Å². The van der Waals surface area contributed by atoms with Gasteiger partial charge in [0, 0.05) is 13.1 Å². The number of nitrogens with one attached hydrogen (secondary N) is 1. The summed E-state index contributed by atoms with van der Waals surface area (Å²) in [7, 11) is -0.233. The van der Waals surface area contributed by atoms with Crippen LogP contribution in [0.25, 0.3) is 0 Å². The molecule has 1 unspecified atom stereocenters. The fraction of sp³-hybridized carbons (Fsp3) is 0.533. The van der Waals surface area contributed by atoms with Crippen molar-refractivity contribution in [3.8, 4) is 11.8 Å². The number of piperidine rings is 1. The monoisotopic (exact) mass is 323 g/mol. The highest BCUT2D eigenvalue weighted by atomic mass is 32.2. The van der Waals surface area contributed by atoms with Crippen LogP contribution in [0.1, 0.15) is 24.0 Å². The Kier molecular flexibility index (Phi) is 5.40. The third kappa shape index (κ3) is 3.77. The fourth-order valence-electron chi connectivity index (χ4n) is 2.76. The van der Waals surface area contributed by atoms with Crippen LogP contribution in [0.4, 0.5) is 0 Å². The maximum absolute atomic E-state index is 11.9. The molecule has 1 atom stereocenters. The van der Waals surface area contributed by atoms with Gasteiger partial charge in [-0.05, 0) is 44.1 Å². The first-order valence-electron chi connectivity index (χ1n) is 7.22. The first-order chi connectivity index (χ1) is 10.5. The molecular formula is C15H21N3O3S. The molecule has 0 aromatic heterocycles. The first kappa shape index (κ1) is 16.7. The van der Waals surface area contributed by atoms with Gasteiger partial charge in [0.25, 0.3) is 0 Å². The Balaban J connectivity index is 2.09. The number of likely N-dealkylation sites (tertiary alicyclic amines) is 1. The first-order valence-corrected chi connectivity index (χ1v) is 8.76. The van der Waals surface area contributed by atoms with E-state index in [2.05, 4.69) is 15.7 Å². The molecule has 2 rings (SSSR count). The molecule has 0 aliphatic carbocycles. The average molecular weight is 323 g/mol. The van der Waals surface area contributed by atoms with Crippen molar-refractivity contribution in [1.82, 2.24) is 9.62 Å². The van der Waals surface area contributed by atoms with E-state index in [1.54, 1.807) is 6.07 Å². The third-order valence-electron chi connectivity index (χ3n) is 3.98. The second kappa shape index (κ2) is 7.09. The van der Waals surface area contributed by atoms with Gasteiger partial charge in [-0.1, -0.05) is 6.07 Å². The molecule has 1 aliphatic heterocycles. The van der Waals surface area contributed by atoms with Gasteiger partial charge >= 0.3 is 0 Å². The highest BCUT2D eigenvalue weighted by Gasteiger charge is 2.29. The highest BCUT2D eigenvalue weighted by Crippen LogP contribution is 2.22. The molecule has 1 aromatic rings. The van der Waals surface area contributed by atoms with Crippen molar-refractivity contribution in [3.63, 3.8) is 0 Å². The second-order valence-corrected chi connectivity index (χ2v) is 7.56. The minimum atomic E-state index is -3.23. The van der Waals surface area contributed by atoms with Crippen LogP contribution in [0.5, 0.6) is 5.75 Å². The zero-order valence-electron chi connectivity index (χ0n) is 12.9. The van der Waals surface area contributed by atoms with Crippen LogP contribution < -0.4 is 9.46 Å². The molecule has 0 saturated carbocycles. The maximum atomic E-state index is 11.9. The second-order valence-electron chi connectivity index (χ2n) is 5.39. The number of hydrogen-bond donors (Lipinski definition) is 1. The molecule has 1 aromatic carbocycles. The molecule has 1 N–H and O–H groups in total. The lowest BCUT2D eigenvalue weighted by molar-refractivity contribution is 0.221. The number of nitriles is 1. The van der Waals surface area contributed by atoms with Gasteiger partial charge in [-0.25, -0.2) is 13.1 Å². The van der Waals surface area contributed by atoms with Crippen LogP contribution in [0, 0.1) is 11.3 Å². The molecule has 7 heteroatoms. The van der Waals surface area contributed by atoms with E-state index in [0.29, 0.717) is 30.8 Å². The summed E-state index contributed by atoms with van der Waals surface area (Å²) in [5.74, 6) is 0.552. The number of rotatable bonds is 5. The number of ether oxygens (including phenoxy) is 1. The molecule has 1 aliphatic rings. The Labute approximate surface area is 131 Å². The van der Waals surface area contributed by atoms with E-state index in [-0.39, 0.29) is 5.25 Å². The largest absolute Gasteiger partial charge is 0.495 e. The molecule has 1 saturated heterocycles. The fourth-order valence-corrected chi connectivity index (χ4v) is 3.98. The summed E-state index contributed by atoms with van der Waals surface area (Å²) in [6.45, 7) is 2.04. The van der Waals surface area contributed by atoms with Crippen LogP contribution in [0.3, 0.4) is 0 Å². The van der Waals surface area contributed by atoms with E-state index in [1.807, 2.05) is 12.1 Å². The van der Waals surface area contributed by atoms with Crippen LogP contribution in [-0.2, 0) is 16.6 Å². The molecule has 0 radical (unpaired) electrons. The summed E-state index contributed by atoms with van der Waals surface area (Å²) >= 11 is 0. The van der Waals surface area contributed by atoms with Crippen LogP contribution in [0.2, 0.25) is 0 Å². The molecule has 0 spiro atoms. The van der Waals surface area contributed by atoms with Gasteiger partial charge in [-0.15, -0.1) is 0 Å². The zero-order valence-corrected chi connectivity index (χ0v) is 13.7. The Morgan fingerprint density at radius 1 is 1.50 bits per heavy atom. The summed E-state index contributed by atoms with van der Waals surface area (Å²) < 4.78 is 31.5. The summed E-state index contributed by atoms with van der Waals surface area (Å²) in [5, 5.41) is 8.63. The maximum Gasteiger partial charge on any atom is 0.215 e. The third-order valence-corrected chi connectivity index (χ3v) is 5.81. The normalized spacial score (nSPS) is 19.6. The van der Waals surface area contributed by atoms with E-state index >= 15 is 0 Å². The van der Waals surface area contributed by atoms with Crippen molar-refractivity contribution in [2.24, 2.45) is 0 Å². The summed E-state index contributed by atoms with van der Waals surface area (Å²) in [4.78, 5) is 2.13. The average Bonchev–Trinajstić information content (AvgIpc) is 2.55. The van der Waals surface area contributed by atoms with Crippen molar-refractivity contribution in [3.05, 3.63) is 29.3 Å². The standard InChI is InChI=1S/C15H21N3O3S/c1-17-22(19,20)14-4-3-7-18(11-14)10-12-5-6-13(9-16)15(8-12)21-2/h5-6,8,14,17H,3-4,7,10-11H2,1-2H3. The van der Waals surface area contributed by atoms with E-state index in [4.69, 9.17) is 10.00 Å². The Morgan fingerprint density at radius 2 is 2.27 bits per heavy atom. The predicted octanol–water partition coefficient (Wildman–Crippen LogP) is 1.08. The number of benzene rings is 1. The van der Waals surface area contributed by atoms with E-state index in [1.165, 1.54) is 14.2 Å². The van der Waals surface area contributed by atoms with Crippen molar-refractivity contribution >= 4 is 10.0 Å². The van der Waals surface area contributed by atoms with E-state index in [0.717, 1.165) is 18.5 Å². The zero-order chi connectivity index (χ0) is 16.2. The van der Waals surface area contributed by atoms with E-state index in [9.17, 15) is 8.42 Å². The Morgan fingerprint density at radius 3 is 2.91 bits per heavy atom. The molecule has 1 heterocycles. The number of sulfonamides is 1. The van der Waals surface area contributed by atoms with Crippen molar-refractivity contribution in [1.29, 1.82) is 5.26 Å². The minimum absolute atomic E-state index is 0.369.